The Morgan fingerprint density at radius 3 is 2.44 bits per heavy atom. The fourth-order valence-electron chi connectivity index (χ4n) is 4.66. The highest BCUT2D eigenvalue weighted by atomic mass is 32.2. The number of benzene rings is 3. The van der Waals surface area contributed by atoms with Crippen LogP contribution in [-0.2, 0) is 10.0 Å². The van der Waals surface area contributed by atoms with Gasteiger partial charge < -0.3 is 30.1 Å². The fourth-order valence-corrected chi connectivity index (χ4v) is 5.84. The quantitative estimate of drug-likeness (QED) is 0.331. The molecule has 3 aromatic carbocycles. The molecular formula is C30H35FN4O7S. The molecule has 0 saturated heterocycles. The number of urea groups is 1. The normalized spacial score (nSPS) is 17.7. The number of anilines is 2. The van der Waals surface area contributed by atoms with Crippen molar-refractivity contribution in [3.8, 4) is 11.5 Å². The second-order valence-electron chi connectivity index (χ2n) is 10.4. The molecule has 230 valence electrons. The summed E-state index contributed by atoms with van der Waals surface area (Å²) in [6, 6.07) is 14.7. The maximum absolute atomic E-state index is 13.7. The number of nitrogens with one attached hydrogen (secondary N) is 2. The minimum Gasteiger partial charge on any atom is -0.497 e. The lowest BCUT2D eigenvalue weighted by atomic mass is 9.99. The molecule has 4 rings (SSSR count). The highest BCUT2D eigenvalue weighted by Crippen LogP contribution is 2.35. The maximum atomic E-state index is 13.7. The number of halogens is 1. The molecule has 3 aromatic rings. The number of likely N-dealkylation sites (N-methyl/N-ethyl adjacent to an activating group) is 1. The Hall–Kier alpha value is -4.20. The van der Waals surface area contributed by atoms with Gasteiger partial charge in [-0.1, -0.05) is 13.0 Å². The van der Waals surface area contributed by atoms with E-state index in [1.54, 1.807) is 37.3 Å². The molecule has 0 fully saturated rings. The number of ether oxygens (including phenoxy) is 2. The molecular weight excluding hydrogens is 579 g/mol. The summed E-state index contributed by atoms with van der Waals surface area (Å²) in [4.78, 5) is 28.1. The van der Waals surface area contributed by atoms with Gasteiger partial charge in [-0.05, 0) is 67.6 Å². The Labute approximate surface area is 250 Å². The number of para-hydroxylation sites is 1. The number of hydrogen-bond acceptors (Lipinski definition) is 7. The van der Waals surface area contributed by atoms with E-state index in [9.17, 15) is 27.5 Å². The highest BCUT2D eigenvalue weighted by molar-refractivity contribution is 7.89. The summed E-state index contributed by atoms with van der Waals surface area (Å²) < 4.78 is 52.9. The zero-order valence-corrected chi connectivity index (χ0v) is 25.1. The summed E-state index contributed by atoms with van der Waals surface area (Å²) >= 11 is 0. The van der Waals surface area contributed by atoms with Crippen molar-refractivity contribution in [2.75, 3.05) is 44.5 Å². The van der Waals surface area contributed by atoms with E-state index in [1.165, 1.54) is 59.8 Å². The van der Waals surface area contributed by atoms with Gasteiger partial charge in [-0.3, -0.25) is 4.79 Å². The van der Waals surface area contributed by atoms with E-state index in [0.717, 1.165) is 0 Å². The molecule has 3 amide bonds. The lowest BCUT2D eigenvalue weighted by molar-refractivity contribution is 0.0389. The zero-order chi connectivity index (χ0) is 31.3. The number of sulfonamides is 1. The lowest BCUT2D eigenvalue weighted by Crippen LogP contribution is -2.50. The molecule has 43 heavy (non-hydrogen) atoms. The molecule has 3 N–H and O–H groups in total. The van der Waals surface area contributed by atoms with Crippen LogP contribution in [-0.4, -0.2) is 80.7 Å². The Kier molecular flexibility index (Phi) is 9.89. The molecule has 0 aromatic heterocycles. The van der Waals surface area contributed by atoms with Crippen LogP contribution < -0.4 is 20.1 Å². The number of nitrogens with zero attached hydrogens (tertiary/aromatic N) is 2. The van der Waals surface area contributed by atoms with Gasteiger partial charge >= 0.3 is 6.03 Å². The summed E-state index contributed by atoms with van der Waals surface area (Å²) in [6.07, 6.45) is -0.763. The predicted octanol–water partition coefficient (Wildman–Crippen LogP) is 4.02. The van der Waals surface area contributed by atoms with Crippen molar-refractivity contribution in [1.29, 1.82) is 0 Å². The number of amides is 3. The largest absolute Gasteiger partial charge is 0.497 e. The van der Waals surface area contributed by atoms with E-state index < -0.39 is 39.9 Å². The van der Waals surface area contributed by atoms with Gasteiger partial charge in [0.1, 0.15) is 17.7 Å². The van der Waals surface area contributed by atoms with Crippen LogP contribution >= 0.6 is 0 Å². The van der Waals surface area contributed by atoms with Crippen molar-refractivity contribution in [3.63, 3.8) is 0 Å². The van der Waals surface area contributed by atoms with Crippen LogP contribution in [0.2, 0.25) is 0 Å². The number of carbonyl (C=O) groups is 2. The van der Waals surface area contributed by atoms with Crippen LogP contribution in [0.3, 0.4) is 0 Å². The third kappa shape index (κ3) is 7.24. The molecule has 0 aliphatic carbocycles. The zero-order valence-electron chi connectivity index (χ0n) is 24.3. The van der Waals surface area contributed by atoms with Crippen LogP contribution in [0, 0.1) is 11.7 Å². The van der Waals surface area contributed by atoms with Crippen molar-refractivity contribution in [2.45, 2.75) is 30.9 Å². The van der Waals surface area contributed by atoms with Crippen LogP contribution in [0.15, 0.2) is 71.6 Å². The van der Waals surface area contributed by atoms with Crippen molar-refractivity contribution in [1.82, 2.24) is 9.21 Å². The van der Waals surface area contributed by atoms with Crippen LogP contribution in [0.25, 0.3) is 0 Å². The molecule has 3 atom stereocenters. The first-order chi connectivity index (χ1) is 20.4. The minimum absolute atomic E-state index is 0.0590. The Balaban J connectivity index is 1.67. The Morgan fingerprint density at radius 1 is 1.14 bits per heavy atom. The van der Waals surface area contributed by atoms with Crippen molar-refractivity contribution >= 4 is 33.3 Å². The summed E-state index contributed by atoms with van der Waals surface area (Å²) in [5.74, 6) is -0.683. The first-order valence-corrected chi connectivity index (χ1v) is 15.0. The predicted molar refractivity (Wildman–Crippen MR) is 159 cm³/mol. The third-order valence-corrected chi connectivity index (χ3v) is 9.08. The van der Waals surface area contributed by atoms with Gasteiger partial charge in [0.25, 0.3) is 5.91 Å². The summed E-state index contributed by atoms with van der Waals surface area (Å²) in [6.45, 7) is 3.35. The number of methoxy groups -OCH3 is 1. The second-order valence-corrected chi connectivity index (χ2v) is 12.4. The van der Waals surface area contributed by atoms with Crippen LogP contribution in [0.5, 0.6) is 11.5 Å². The van der Waals surface area contributed by atoms with E-state index in [2.05, 4.69) is 10.6 Å². The molecule has 0 spiro atoms. The molecule has 0 bridgehead atoms. The number of carbonyl (C=O) groups excluding carboxylic acids is 2. The number of aliphatic hydroxyl groups excluding tert-OH is 1. The monoisotopic (exact) mass is 614 g/mol. The molecule has 13 heteroatoms. The fraction of sp³-hybridized carbons (Fsp3) is 0.333. The van der Waals surface area contributed by atoms with Crippen LogP contribution in [0.4, 0.5) is 20.6 Å². The van der Waals surface area contributed by atoms with Gasteiger partial charge in [-0.2, -0.15) is 4.31 Å². The van der Waals surface area contributed by atoms with Gasteiger partial charge in [-0.15, -0.1) is 0 Å². The third-order valence-electron chi connectivity index (χ3n) is 7.25. The maximum Gasteiger partial charge on any atom is 0.323 e. The average molecular weight is 615 g/mol. The van der Waals surface area contributed by atoms with E-state index in [0.29, 0.717) is 11.4 Å². The Bertz CT molecular complexity index is 1550. The van der Waals surface area contributed by atoms with Gasteiger partial charge in [0.15, 0.2) is 5.75 Å². The molecule has 11 nitrogen and oxygen atoms in total. The number of aliphatic hydroxyl groups is 1. The minimum atomic E-state index is -3.93. The number of fused-ring (bicyclic) bond motifs is 1. The molecule has 1 aliphatic rings. The topological polar surface area (TPSA) is 138 Å². The van der Waals surface area contributed by atoms with Gasteiger partial charge in [0, 0.05) is 25.2 Å². The molecule has 1 heterocycles. The number of rotatable bonds is 9. The summed E-state index contributed by atoms with van der Waals surface area (Å²) in [5, 5.41) is 15.2. The Morgan fingerprint density at radius 2 is 1.81 bits per heavy atom. The molecule has 0 unspecified atom stereocenters. The smallest absolute Gasteiger partial charge is 0.323 e. The lowest BCUT2D eigenvalue weighted by Gasteiger charge is -2.38. The average Bonchev–Trinajstić information content (AvgIpc) is 2.99. The van der Waals surface area contributed by atoms with Crippen molar-refractivity contribution in [3.05, 3.63) is 78.1 Å². The van der Waals surface area contributed by atoms with E-state index in [1.807, 2.05) is 6.92 Å². The first-order valence-electron chi connectivity index (χ1n) is 13.6. The summed E-state index contributed by atoms with van der Waals surface area (Å²) in [7, 11) is -0.999. The van der Waals surface area contributed by atoms with Gasteiger partial charge in [-0.25, -0.2) is 17.6 Å². The standard InChI is InChI=1S/C30H35FN4O7S/c1-19-16-35(20(2)18-36)29(37)25-6-5-7-26(33-30(38)32-22-10-8-21(31)9-11-22)28(25)42-27(19)17-34(3)43(39,40)24-14-12-23(41-4)13-15-24/h5-15,19-20,27,36H,16-18H2,1-4H3,(H2,32,33,38)/t19-,20+,27+/m0/s1. The van der Waals surface area contributed by atoms with Crippen LogP contribution in [0.1, 0.15) is 24.2 Å². The van der Waals surface area contributed by atoms with Crippen molar-refractivity contribution in [2.24, 2.45) is 5.92 Å². The molecule has 0 saturated carbocycles. The molecule has 1 aliphatic heterocycles. The van der Waals surface area contributed by atoms with E-state index >= 15 is 0 Å². The molecule has 0 radical (unpaired) electrons. The number of hydrogen-bond donors (Lipinski definition) is 3. The first kappa shape index (κ1) is 31.7. The van der Waals surface area contributed by atoms with Crippen molar-refractivity contribution < 1.29 is 37.0 Å². The SMILES string of the molecule is COc1ccc(S(=O)(=O)N(C)C[C@H]2Oc3c(NC(=O)Nc4ccc(F)cc4)cccc3C(=O)N([C@H](C)CO)C[C@@H]2C)cc1. The van der Waals surface area contributed by atoms with Gasteiger partial charge in [0.2, 0.25) is 10.0 Å². The highest BCUT2D eigenvalue weighted by Gasteiger charge is 2.36. The summed E-state index contributed by atoms with van der Waals surface area (Å²) in [5.41, 5.74) is 0.647. The van der Waals surface area contributed by atoms with E-state index in [-0.39, 0.29) is 47.5 Å². The second kappa shape index (κ2) is 13.4. The van der Waals surface area contributed by atoms with Gasteiger partial charge in [0.05, 0.1) is 42.4 Å². The van der Waals surface area contributed by atoms with E-state index in [4.69, 9.17) is 9.47 Å².